The van der Waals surface area contributed by atoms with Crippen molar-refractivity contribution in [2.75, 3.05) is 5.32 Å². The molecule has 1 unspecified atom stereocenters. The summed E-state index contributed by atoms with van der Waals surface area (Å²) in [5.41, 5.74) is 9.90. The normalized spacial score (nSPS) is 17.0. The Labute approximate surface area is 112 Å². The molecule has 2 aromatic rings. The Morgan fingerprint density at radius 1 is 1.05 bits per heavy atom. The molecule has 0 bridgehead atoms. The van der Waals surface area contributed by atoms with E-state index in [9.17, 15) is 4.79 Å². The molecule has 0 spiro atoms. The van der Waals surface area contributed by atoms with E-state index in [1.54, 1.807) is 0 Å². The van der Waals surface area contributed by atoms with Gasteiger partial charge in [0.15, 0.2) is 0 Å². The van der Waals surface area contributed by atoms with Crippen LogP contribution in [0.3, 0.4) is 0 Å². The van der Waals surface area contributed by atoms with Crippen molar-refractivity contribution in [1.29, 1.82) is 0 Å². The number of hydrogen-bond donors (Lipinski definition) is 2. The molecule has 3 N–H and O–H groups in total. The first kappa shape index (κ1) is 11.9. The highest BCUT2D eigenvalue weighted by Gasteiger charge is 2.19. The van der Waals surface area contributed by atoms with Gasteiger partial charge < -0.3 is 11.1 Å². The van der Waals surface area contributed by atoms with Gasteiger partial charge in [0, 0.05) is 17.3 Å². The van der Waals surface area contributed by atoms with Crippen LogP contribution < -0.4 is 11.1 Å². The zero-order chi connectivity index (χ0) is 13.2. The molecule has 0 aromatic heterocycles. The fraction of sp³-hybridized carbons (Fsp3) is 0.188. The largest absolute Gasteiger partial charge is 0.327 e. The van der Waals surface area contributed by atoms with Gasteiger partial charge in [0.1, 0.15) is 0 Å². The second kappa shape index (κ2) is 4.86. The van der Waals surface area contributed by atoms with E-state index < -0.39 is 0 Å². The molecule has 19 heavy (non-hydrogen) atoms. The topological polar surface area (TPSA) is 55.1 Å². The van der Waals surface area contributed by atoms with Crippen LogP contribution in [0.1, 0.15) is 21.5 Å². The van der Waals surface area contributed by atoms with Crippen LogP contribution in [0, 0.1) is 0 Å². The van der Waals surface area contributed by atoms with E-state index in [1.807, 2.05) is 48.5 Å². The Balaban J connectivity index is 1.80. The molecule has 1 atom stereocenters. The highest BCUT2D eigenvalue weighted by Crippen LogP contribution is 2.22. The lowest BCUT2D eigenvalue weighted by molar-refractivity contribution is 0.102. The van der Waals surface area contributed by atoms with Gasteiger partial charge in [0.2, 0.25) is 0 Å². The lowest BCUT2D eigenvalue weighted by atomic mass is 10.1. The van der Waals surface area contributed by atoms with Crippen molar-refractivity contribution in [3.63, 3.8) is 0 Å². The molecule has 1 amide bonds. The number of amides is 1. The summed E-state index contributed by atoms with van der Waals surface area (Å²) < 4.78 is 0. The number of nitrogens with two attached hydrogens (primary N) is 1. The van der Waals surface area contributed by atoms with Gasteiger partial charge in [-0.3, -0.25) is 4.79 Å². The number of rotatable bonds is 2. The van der Waals surface area contributed by atoms with Gasteiger partial charge in [-0.05, 0) is 48.2 Å². The Bertz CT molecular complexity index is 607. The maximum absolute atomic E-state index is 12.2. The predicted molar refractivity (Wildman–Crippen MR) is 76.2 cm³/mol. The number of nitrogens with one attached hydrogen (secondary N) is 1. The number of benzene rings is 2. The number of carbonyl (C=O) groups excluding carboxylic acids is 1. The van der Waals surface area contributed by atoms with Crippen LogP contribution in [0.4, 0.5) is 5.69 Å². The second-order valence-corrected chi connectivity index (χ2v) is 4.97. The van der Waals surface area contributed by atoms with Gasteiger partial charge in [-0.1, -0.05) is 24.3 Å². The monoisotopic (exact) mass is 252 g/mol. The van der Waals surface area contributed by atoms with Crippen molar-refractivity contribution in [2.24, 2.45) is 5.73 Å². The summed E-state index contributed by atoms with van der Waals surface area (Å²) in [5, 5.41) is 2.89. The minimum absolute atomic E-state index is 0.0746. The summed E-state index contributed by atoms with van der Waals surface area (Å²) in [6, 6.07) is 15.5. The van der Waals surface area contributed by atoms with Crippen molar-refractivity contribution >= 4 is 11.6 Å². The molecule has 1 aliphatic carbocycles. The fourth-order valence-electron chi connectivity index (χ4n) is 2.52. The lowest BCUT2D eigenvalue weighted by Crippen LogP contribution is -2.19. The maximum atomic E-state index is 12.2. The van der Waals surface area contributed by atoms with E-state index in [-0.39, 0.29) is 11.9 Å². The summed E-state index contributed by atoms with van der Waals surface area (Å²) in [4.78, 5) is 12.2. The SMILES string of the molecule is NC1Cc2ccc(C(=O)Nc3ccccc3)cc2C1. The first-order chi connectivity index (χ1) is 9.22. The third-order valence-electron chi connectivity index (χ3n) is 3.46. The van der Waals surface area contributed by atoms with Crippen LogP contribution in [-0.2, 0) is 12.8 Å². The molecular weight excluding hydrogens is 236 g/mol. The quantitative estimate of drug-likeness (QED) is 0.862. The molecule has 0 radical (unpaired) electrons. The van der Waals surface area contributed by atoms with Crippen LogP contribution >= 0.6 is 0 Å². The van der Waals surface area contributed by atoms with Crippen LogP contribution in [0.5, 0.6) is 0 Å². The van der Waals surface area contributed by atoms with Crippen molar-refractivity contribution in [3.8, 4) is 0 Å². The summed E-state index contributed by atoms with van der Waals surface area (Å²) in [6.45, 7) is 0. The fourth-order valence-corrected chi connectivity index (χ4v) is 2.52. The maximum Gasteiger partial charge on any atom is 0.255 e. The third-order valence-corrected chi connectivity index (χ3v) is 3.46. The molecule has 2 aromatic carbocycles. The van der Waals surface area contributed by atoms with Gasteiger partial charge in [-0.25, -0.2) is 0 Å². The number of hydrogen-bond acceptors (Lipinski definition) is 2. The molecule has 0 aliphatic heterocycles. The Morgan fingerprint density at radius 3 is 2.58 bits per heavy atom. The molecule has 3 rings (SSSR count). The van der Waals surface area contributed by atoms with Gasteiger partial charge in [0.25, 0.3) is 5.91 Å². The molecule has 3 heteroatoms. The van der Waals surface area contributed by atoms with E-state index >= 15 is 0 Å². The average Bonchev–Trinajstić information content (AvgIpc) is 2.78. The highest BCUT2D eigenvalue weighted by atomic mass is 16.1. The molecule has 0 saturated heterocycles. The van der Waals surface area contributed by atoms with Gasteiger partial charge in [-0.2, -0.15) is 0 Å². The van der Waals surface area contributed by atoms with Crippen molar-refractivity contribution in [2.45, 2.75) is 18.9 Å². The van der Waals surface area contributed by atoms with E-state index in [0.717, 1.165) is 18.5 Å². The van der Waals surface area contributed by atoms with E-state index in [4.69, 9.17) is 5.73 Å². The molecule has 0 fully saturated rings. The van der Waals surface area contributed by atoms with Gasteiger partial charge in [0.05, 0.1) is 0 Å². The van der Waals surface area contributed by atoms with Crippen molar-refractivity contribution in [3.05, 3.63) is 65.2 Å². The Hall–Kier alpha value is -2.13. The van der Waals surface area contributed by atoms with Gasteiger partial charge in [-0.15, -0.1) is 0 Å². The smallest absolute Gasteiger partial charge is 0.255 e. The van der Waals surface area contributed by atoms with E-state index in [1.165, 1.54) is 11.1 Å². The minimum Gasteiger partial charge on any atom is -0.327 e. The average molecular weight is 252 g/mol. The molecule has 0 saturated carbocycles. The van der Waals surface area contributed by atoms with Crippen LogP contribution in [0.15, 0.2) is 48.5 Å². The van der Waals surface area contributed by atoms with E-state index in [2.05, 4.69) is 5.32 Å². The zero-order valence-electron chi connectivity index (χ0n) is 10.6. The van der Waals surface area contributed by atoms with E-state index in [0.29, 0.717) is 5.56 Å². The van der Waals surface area contributed by atoms with Crippen LogP contribution in [-0.4, -0.2) is 11.9 Å². The summed E-state index contributed by atoms with van der Waals surface area (Å²) in [5.74, 6) is -0.0746. The Kier molecular flexibility index (Phi) is 3.05. The molecule has 96 valence electrons. The summed E-state index contributed by atoms with van der Waals surface area (Å²) >= 11 is 0. The lowest BCUT2D eigenvalue weighted by Gasteiger charge is -2.06. The molecular formula is C16H16N2O. The number of para-hydroxylation sites is 1. The number of fused-ring (bicyclic) bond motifs is 1. The minimum atomic E-state index is -0.0746. The van der Waals surface area contributed by atoms with Crippen molar-refractivity contribution in [1.82, 2.24) is 0 Å². The number of anilines is 1. The molecule has 1 aliphatic rings. The standard InChI is InChI=1S/C16H16N2O/c17-14-9-11-6-7-12(8-13(11)10-14)16(19)18-15-4-2-1-3-5-15/h1-8,14H,9-10,17H2,(H,18,19). The van der Waals surface area contributed by atoms with Gasteiger partial charge >= 0.3 is 0 Å². The van der Waals surface area contributed by atoms with Crippen LogP contribution in [0.25, 0.3) is 0 Å². The Morgan fingerprint density at radius 2 is 1.79 bits per heavy atom. The highest BCUT2D eigenvalue weighted by molar-refractivity contribution is 6.04. The van der Waals surface area contributed by atoms with Crippen molar-refractivity contribution < 1.29 is 4.79 Å². The first-order valence-electron chi connectivity index (χ1n) is 6.46. The number of carbonyl (C=O) groups is 1. The summed E-state index contributed by atoms with van der Waals surface area (Å²) in [7, 11) is 0. The predicted octanol–water partition coefficient (Wildman–Crippen LogP) is 2.36. The third kappa shape index (κ3) is 2.51. The summed E-state index contributed by atoms with van der Waals surface area (Å²) in [6.07, 6.45) is 1.78. The second-order valence-electron chi connectivity index (χ2n) is 4.97. The zero-order valence-corrected chi connectivity index (χ0v) is 10.6. The molecule has 3 nitrogen and oxygen atoms in total. The molecule has 0 heterocycles. The first-order valence-corrected chi connectivity index (χ1v) is 6.46. The van der Waals surface area contributed by atoms with Crippen LogP contribution in [0.2, 0.25) is 0 Å².